The molecule has 0 saturated carbocycles. The summed E-state index contributed by atoms with van der Waals surface area (Å²) in [6.45, 7) is 8.15. The maximum Gasteiger partial charge on any atom is 0.161 e. The maximum absolute atomic E-state index is 9.58. The minimum Gasteiger partial charge on any atom is -0.493 e. The Labute approximate surface area is 134 Å². The van der Waals surface area contributed by atoms with Gasteiger partial charge in [0.15, 0.2) is 11.5 Å². The van der Waals surface area contributed by atoms with Gasteiger partial charge in [0.05, 0.1) is 13.7 Å². The molecule has 2 rings (SSSR count). The Balaban J connectivity index is 2.05. The molecule has 1 atom stereocenters. The second kappa shape index (κ2) is 7.84. The van der Waals surface area contributed by atoms with E-state index in [0.717, 1.165) is 50.4 Å². The summed E-state index contributed by atoms with van der Waals surface area (Å²) in [7, 11) is 1.67. The maximum atomic E-state index is 9.58. The van der Waals surface area contributed by atoms with Gasteiger partial charge in [0.2, 0.25) is 0 Å². The third-order valence-electron chi connectivity index (χ3n) is 4.34. The van der Waals surface area contributed by atoms with Gasteiger partial charge in [-0.25, -0.2) is 0 Å². The van der Waals surface area contributed by atoms with E-state index < -0.39 is 0 Å². The molecule has 4 nitrogen and oxygen atoms in total. The standard InChI is InChI=1S/C18H29NO3/c1-4-10-22-17-11-15(6-7-16(17)21-3)12-19-9-5-8-18(2,13-19)14-20/h6-7,11,20H,4-5,8-10,12-14H2,1-3H3. The SMILES string of the molecule is CCCOc1cc(CN2CCCC(C)(CO)C2)ccc1OC. The molecule has 1 aromatic rings. The first kappa shape index (κ1) is 17.1. The van der Waals surface area contributed by atoms with Crippen molar-refractivity contribution in [3.8, 4) is 11.5 Å². The van der Waals surface area contributed by atoms with Gasteiger partial charge in [-0.2, -0.15) is 0 Å². The number of likely N-dealkylation sites (tertiary alicyclic amines) is 1. The number of rotatable bonds is 7. The number of nitrogens with zero attached hydrogens (tertiary/aromatic N) is 1. The number of methoxy groups -OCH3 is 1. The van der Waals surface area contributed by atoms with Crippen LogP contribution < -0.4 is 9.47 Å². The second-order valence-corrected chi connectivity index (χ2v) is 6.62. The highest BCUT2D eigenvalue weighted by atomic mass is 16.5. The first-order valence-electron chi connectivity index (χ1n) is 8.23. The molecule has 1 aromatic carbocycles. The summed E-state index contributed by atoms with van der Waals surface area (Å²) in [4.78, 5) is 2.42. The molecule has 4 heteroatoms. The lowest BCUT2D eigenvalue weighted by molar-refractivity contribution is 0.0429. The Morgan fingerprint density at radius 3 is 2.82 bits per heavy atom. The van der Waals surface area contributed by atoms with E-state index in [9.17, 15) is 5.11 Å². The van der Waals surface area contributed by atoms with Gasteiger partial charge in [0, 0.05) is 25.1 Å². The number of hydrogen-bond acceptors (Lipinski definition) is 4. The normalized spacial score (nSPS) is 22.5. The van der Waals surface area contributed by atoms with Gasteiger partial charge in [0.25, 0.3) is 0 Å². The van der Waals surface area contributed by atoms with Crippen LogP contribution in [0.3, 0.4) is 0 Å². The van der Waals surface area contributed by atoms with Crippen LogP contribution in [0.2, 0.25) is 0 Å². The van der Waals surface area contributed by atoms with E-state index in [2.05, 4.69) is 30.9 Å². The highest BCUT2D eigenvalue weighted by Gasteiger charge is 2.30. The lowest BCUT2D eigenvalue weighted by atomic mass is 9.82. The Morgan fingerprint density at radius 2 is 2.14 bits per heavy atom. The summed E-state index contributed by atoms with van der Waals surface area (Å²) in [6.07, 6.45) is 3.23. The van der Waals surface area contributed by atoms with E-state index in [4.69, 9.17) is 9.47 Å². The molecule has 1 aliphatic heterocycles. The fourth-order valence-corrected chi connectivity index (χ4v) is 3.09. The molecule has 124 valence electrons. The van der Waals surface area contributed by atoms with Gasteiger partial charge in [-0.15, -0.1) is 0 Å². The second-order valence-electron chi connectivity index (χ2n) is 6.62. The molecule has 0 radical (unpaired) electrons. The summed E-state index contributed by atoms with van der Waals surface area (Å²) in [5.41, 5.74) is 1.26. The average molecular weight is 307 g/mol. The van der Waals surface area contributed by atoms with Crippen LogP contribution in [0, 0.1) is 5.41 Å². The van der Waals surface area contributed by atoms with Crippen molar-refractivity contribution in [3.63, 3.8) is 0 Å². The average Bonchev–Trinajstić information content (AvgIpc) is 2.53. The molecule has 0 amide bonds. The van der Waals surface area contributed by atoms with E-state index in [1.807, 2.05) is 6.07 Å². The highest BCUT2D eigenvalue weighted by molar-refractivity contribution is 5.43. The zero-order valence-corrected chi connectivity index (χ0v) is 14.1. The number of piperidine rings is 1. The summed E-state index contributed by atoms with van der Waals surface area (Å²) in [5.74, 6) is 1.61. The van der Waals surface area contributed by atoms with Crippen molar-refractivity contribution in [2.24, 2.45) is 5.41 Å². The molecule has 1 heterocycles. The number of hydrogen-bond donors (Lipinski definition) is 1. The predicted octanol–water partition coefficient (Wildman–Crippen LogP) is 3.08. The fourth-order valence-electron chi connectivity index (χ4n) is 3.09. The summed E-state index contributed by atoms with van der Waals surface area (Å²) in [5, 5.41) is 9.58. The quantitative estimate of drug-likeness (QED) is 0.840. The smallest absolute Gasteiger partial charge is 0.161 e. The van der Waals surface area contributed by atoms with Crippen LogP contribution in [0.4, 0.5) is 0 Å². The summed E-state index contributed by atoms with van der Waals surface area (Å²) >= 11 is 0. The first-order valence-corrected chi connectivity index (χ1v) is 8.23. The Bertz CT molecular complexity index is 477. The number of aliphatic hydroxyl groups is 1. The number of aliphatic hydroxyl groups excluding tert-OH is 1. The first-order chi connectivity index (χ1) is 10.6. The van der Waals surface area contributed by atoms with Gasteiger partial charge in [0.1, 0.15) is 0 Å². The molecular weight excluding hydrogens is 278 g/mol. The third-order valence-corrected chi connectivity index (χ3v) is 4.34. The summed E-state index contributed by atoms with van der Waals surface area (Å²) in [6, 6.07) is 6.16. The van der Waals surface area contributed by atoms with E-state index in [1.54, 1.807) is 7.11 Å². The van der Waals surface area contributed by atoms with Crippen molar-refractivity contribution < 1.29 is 14.6 Å². The Hall–Kier alpha value is -1.26. The largest absolute Gasteiger partial charge is 0.493 e. The van der Waals surface area contributed by atoms with Crippen LogP contribution in [0.5, 0.6) is 11.5 Å². The predicted molar refractivity (Wildman–Crippen MR) is 88.5 cm³/mol. The van der Waals surface area contributed by atoms with Gasteiger partial charge in [-0.1, -0.05) is 19.9 Å². The van der Waals surface area contributed by atoms with Crippen LogP contribution in [0.1, 0.15) is 38.7 Å². The van der Waals surface area contributed by atoms with Gasteiger partial charge in [-0.05, 0) is 43.5 Å². The highest BCUT2D eigenvalue weighted by Crippen LogP contribution is 2.32. The molecule has 22 heavy (non-hydrogen) atoms. The van der Waals surface area contributed by atoms with Crippen LogP contribution in [-0.2, 0) is 6.54 Å². The van der Waals surface area contributed by atoms with Gasteiger partial charge < -0.3 is 14.6 Å². The zero-order valence-electron chi connectivity index (χ0n) is 14.1. The molecule has 0 aromatic heterocycles. The van der Waals surface area contributed by atoms with E-state index in [-0.39, 0.29) is 12.0 Å². The Kier molecular flexibility index (Phi) is 6.09. The van der Waals surface area contributed by atoms with Gasteiger partial charge in [-0.3, -0.25) is 4.90 Å². The van der Waals surface area contributed by atoms with Crippen LogP contribution in [0.15, 0.2) is 18.2 Å². The molecule has 1 aliphatic rings. The van der Waals surface area contributed by atoms with Crippen LogP contribution in [0.25, 0.3) is 0 Å². The topological polar surface area (TPSA) is 41.9 Å². The molecule has 0 spiro atoms. The number of benzene rings is 1. The van der Waals surface area contributed by atoms with Crippen molar-refractivity contribution in [1.82, 2.24) is 4.90 Å². The fraction of sp³-hybridized carbons (Fsp3) is 0.667. The van der Waals surface area contributed by atoms with Crippen LogP contribution >= 0.6 is 0 Å². The zero-order chi connectivity index (χ0) is 16.0. The van der Waals surface area contributed by atoms with Crippen molar-refractivity contribution in [2.45, 2.75) is 39.7 Å². The molecule has 1 unspecified atom stereocenters. The molecule has 1 fully saturated rings. The molecule has 1 saturated heterocycles. The number of ether oxygens (including phenoxy) is 2. The molecule has 0 bridgehead atoms. The Morgan fingerprint density at radius 1 is 1.32 bits per heavy atom. The minimum atomic E-state index is 0.0340. The minimum absolute atomic E-state index is 0.0340. The van der Waals surface area contributed by atoms with Crippen molar-refractivity contribution in [1.29, 1.82) is 0 Å². The lowest BCUT2D eigenvalue weighted by Crippen LogP contribution is -2.43. The van der Waals surface area contributed by atoms with Crippen molar-refractivity contribution >= 4 is 0 Å². The van der Waals surface area contributed by atoms with Crippen molar-refractivity contribution in [3.05, 3.63) is 23.8 Å². The van der Waals surface area contributed by atoms with E-state index >= 15 is 0 Å². The third kappa shape index (κ3) is 4.37. The van der Waals surface area contributed by atoms with E-state index in [0.29, 0.717) is 6.61 Å². The van der Waals surface area contributed by atoms with Crippen LogP contribution in [-0.4, -0.2) is 43.4 Å². The monoisotopic (exact) mass is 307 g/mol. The van der Waals surface area contributed by atoms with Crippen molar-refractivity contribution in [2.75, 3.05) is 33.4 Å². The molecule has 1 N–H and O–H groups in total. The van der Waals surface area contributed by atoms with Gasteiger partial charge >= 0.3 is 0 Å². The molecular formula is C18H29NO3. The summed E-state index contributed by atoms with van der Waals surface area (Å²) < 4.78 is 11.2. The molecule has 0 aliphatic carbocycles. The lowest BCUT2D eigenvalue weighted by Gasteiger charge is -2.39. The van der Waals surface area contributed by atoms with E-state index in [1.165, 1.54) is 5.56 Å².